The molecular formula is C19H23N5O3. The van der Waals surface area contributed by atoms with E-state index in [2.05, 4.69) is 37.6 Å². The molecular weight excluding hydrogens is 346 g/mol. The van der Waals surface area contributed by atoms with Crippen LogP contribution in [-0.2, 0) is 17.8 Å². The van der Waals surface area contributed by atoms with Crippen molar-refractivity contribution in [3.8, 4) is 0 Å². The lowest BCUT2D eigenvalue weighted by atomic mass is 10.1. The summed E-state index contributed by atoms with van der Waals surface area (Å²) in [5.74, 6) is 0.271. The number of β-amino-alcohol motifs (C(OH)–C–C–N with tert-alkyl or cyclic N) is 1. The van der Waals surface area contributed by atoms with Crippen molar-refractivity contribution in [2.24, 2.45) is 0 Å². The Morgan fingerprint density at radius 2 is 2.00 bits per heavy atom. The summed E-state index contributed by atoms with van der Waals surface area (Å²) in [7, 11) is 0. The average molecular weight is 369 g/mol. The minimum absolute atomic E-state index is 0.176. The number of rotatable bonds is 7. The van der Waals surface area contributed by atoms with Gasteiger partial charge in [0.15, 0.2) is 0 Å². The number of ether oxygens (including phenoxy) is 1. The number of hydrogen-bond acceptors (Lipinski definition) is 7. The minimum Gasteiger partial charge on any atom is -0.390 e. The zero-order chi connectivity index (χ0) is 18.6. The Morgan fingerprint density at radius 1 is 1.26 bits per heavy atom. The number of amides is 1. The van der Waals surface area contributed by atoms with Crippen LogP contribution in [0, 0.1) is 0 Å². The van der Waals surface area contributed by atoms with Crippen LogP contribution in [0.2, 0.25) is 0 Å². The highest BCUT2D eigenvalue weighted by Gasteiger charge is 2.22. The van der Waals surface area contributed by atoms with Crippen LogP contribution >= 0.6 is 0 Å². The number of aliphatic hydroxyl groups is 1. The molecule has 2 aliphatic heterocycles. The first-order valence-corrected chi connectivity index (χ1v) is 9.09. The number of aliphatic hydroxyl groups excluding tert-OH is 1. The van der Waals surface area contributed by atoms with E-state index >= 15 is 0 Å². The number of aromatic nitrogens is 2. The van der Waals surface area contributed by atoms with Crippen molar-refractivity contribution in [3.63, 3.8) is 0 Å². The molecule has 27 heavy (non-hydrogen) atoms. The number of nitrogens with one attached hydrogen (secondary N) is 2. The van der Waals surface area contributed by atoms with Crippen molar-refractivity contribution in [1.82, 2.24) is 20.2 Å². The number of hydrogen-bond donors (Lipinski definition) is 3. The summed E-state index contributed by atoms with van der Waals surface area (Å²) in [5.41, 5.74) is 2.87. The van der Waals surface area contributed by atoms with Gasteiger partial charge in [0.1, 0.15) is 17.8 Å². The summed E-state index contributed by atoms with van der Waals surface area (Å²) >= 11 is 0. The molecule has 0 saturated carbocycles. The van der Waals surface area contributed by atoms with E-state index in [4.69, 9.17) is 4.74 Å². The molecule has 0 radical (unpaired) electrons. The first kappa shape index (κ1) is 17.8. The zero-order valence-electron chi connectivity index (χ0n) is 15.0. The third-order valence-electron chi connectivity index (χ3n) is 4.76. The van der Waals surface area contributed by atoms with Crippen molar-refractivity contribution in [2.75, 3.05) is 31.6 Å². The molecule has 0 aliphatic carbocycles. The molecule has 8 nitrogen and oxygen atoms in total. The first-order chi connectivity index (χ1) is 13.2. The van der Waals surface area contributed by atoms with Crippen LogP contribution in [0.3, 0.4) is 0 Å². The van der Waals surface area contributed by atoms with Crippen LogP contribution < -0.4 is 10.6 Å². The molecule has 0 spiro atoms. The van der Waals surface area contributed by atoms with E-state index in [9.17, 15) is 9.90 Å². The van der Waals surface area contributed by atoms with Gasteiger partial charge in [0.2, 0.25) is 0 Å². The molecule has 1 fully saturated rings. The molecule has 1 aromatic heterocycles. The number of fused-ring (bicyclic) bond motifs is 1. The fraction of sp³-hybridized carbons (Fsp3) is 0.421. The Kier molecular flexibility index (Phi) is 5.28. The van der Waals surface area contributed by atoms with Crippen molar-refractivity contribution in [2.45, 2.75) is 25.2 Å². The summed E-state index contributed by atoms with van der Waals surface area (Å²) in [6.45, 7) is 3.61. The Morgan fingerprint density at radius 3 is 2.67 bits per heavy atom. The summed E-state index contributed by atoms with van der Waals surface area (Å²) in [5, 5.41) is 16.2. The minimum atomic E-state index is -0.644. The van der Waals surface area contributed by atoms with Gasteiger partial charge in [-0.3, -0.25) is 9.69 Å². The lowest BCUT2D eigenvalue weighted by Gasteiger charge is -2.27. The first-order valence-electron chi connectivity index (χ1n) is 9.09. The quantitative estimate of drug-likeness (QED) is 0.649. The van der Waals surface area contributed by atoms with Gasteiger partial charge in [-0.15, -0.1) is 0 Å². The number of carbonyl (C=O) groups is 1. The van der Waals surface area contributed by atoms with Gasteiger partial charge < -0.3 is 20.5 Å². The van der Waals surface area contributed by atoms with E-state index in [-0.39, 0.29) is 24.2 Å². The maximum absolute atomic E-state index is 12.3. The van der Waals surface area contributed by atoms with E-state index in [1.54, 1.807) is 6.07 Å². The zero-order valence-corrected chi connectivity index (χ0v) is 15.0. The Labute approximate surface area is 157 Å². The van der Waals surface area contributed by atoms with E-state index in [1.165, 1.54) is 17.5 Å². The standard InChI is InChI=1S/C19H23N5O3/c25-16(9-24-7-13-3-1-2-4-14(13)8-24)6-20-19(26)17-5-18(22-12-21-17)23-15-10-27-11-15/h1-5,12,15-16,25H,6-11H2,(H,20,26)(H,21,22,23)/t16-/m0/s1. The lowest BCUT2D eigenvalue weighted by molar-refractivity contribution is 0.0209. The SMILES string of the molecule is O=C(NC[C@H](O)CN1Cc2ccccc2C1)c1cc(NC2COC2)ncn1. The Balaban J connectivity index is 1.25. The third kappa shape index (κ3) is 4.41. The molecule has 0 unspecified atom stereocenters. The number of anilines is 1. The monoisotopic (exact) mass is 369 g/mol. The van der Waals surface area contributed by atoms with E-state index in [1.807, 2.05) is 12.1 Å². The van der Waals surface area contributed by atoms with Gasteiger partial charge >= 0.3 is 0 Å². The molecule has 1 aromatic carbocycles. The Bertz CT molecular complexity index is 786. The number of benzene rings is 1. The summed E-state index contributed by atoms with van der Waals surface area (Å²) < 4.78 is 5.11. The van der Waals surface area contributed by atoms with Gasteiger partial charge in [-0.2, -0.15) is 0 Å². The maximum atomic E-state index is 12.3. The average Bonchev–Trinajstić information content (AvgIpc) is 3.05. The Hall–Kier alpha value is -2.55. The van der Waals surface area contributed by atoms with Crippen LogP contribution in [0.15, 0.2) is 36.7 Å². The second-order valence-corrected chi connectivity index (χ2v) is 6.97. The highest BCUT2D eigenvalue weighted by Crippen LogP contribution is 2.22. The van der Waals surface area contributed by atoms with Gasteiger partial charge in [0.25, 0.3) is 5.91 Å². The molecule has 3 heterocycles. The van der Waals surface area contributed by atoms with Crippen LogP contribution in [0.25, 0.3) is 0 Å². The second kappa shape index (κ2) is 7.99. The van der Waals surface area contributed by atoms with Crippen molar-refractivity contribution >= 4 is 11.7 Å². The van der Waals surface area contributed by atoms with E-state index < -0.39 is 6.10 Å². The molecule has 1 atom stereocenters. The van der Waals surface area contributed by atoms with Crippen molar-refractivity contribution in [1.29, 1.82) is 0 Å². The summed E-state index contributed by atoms with van der Waals surface area (Å²) in [6, 6.07) is 10.1. The van der Waals surface area contributed by atoms with Gasteiger partial charge in [0, 0.05) is 32.2 Å². The lowest BCUT2D eigenvalue weighted by Crippen LogP contribution is -2.40. The number of nitrogens with zero attached hydrogens (tertiary/aromatic N) is 3. The van der Waals surface area contributed by atoms with Crippen LogP contribution in [-0.4, -0.2) is 64.3 Å². The normalized spacial score (nSPS) is 17.8. The smallest absolute Gasteiger partial charge is 0.270 e. The predicted molar refractivity (Wildman–Crippen MR) is 99.2 cm³/mol. The third-order valence-corrected chi connectivity index (χ3v) is 4.76. The highest BCUT2D eigenvalue weighted by atomic mass is 16.5. The molecule has 3 N–H and O–H groups in total. The summed E-state index contributed by atoms with van der Waals surface area (Å²) in [6.07, 6.45) is 0.712. The highest BCUT2D eigenvalue weighted by molar-refractivity contribution is 5.92. The van der Waals surface area contributed by atoms with Crippen LogP contribution in [0.1, 0.15) is 21.6 Å². The fourth-order valence-corrected chi connectivity index (χ4v) is 3.29. The predicted octanol–water partition coefficient (Wildman–Crippen LogP) is 0.394. The fourth-order valence-electron chi connectivity index (χ4n) is 3.29. The molecule has 8 heteroatoms. The van der Waals surface area contributed by atoms with Gasteiger partial charge in [0.05, 0.1) is 25.4 Å². The van der Waals surface area contributed by atoms with Gasteiger partial charge in [-0.25, -0.2) is 9.97 Å². The van der Waals surface area contributed by atoms with Crippen molar-refractivity contribution in [3.05, 3.63) is 53.5 Å². The molecule has 2 aliphatic rings. The van der Waals surface area contributed by atoms with Gasteiger partial charge in [-0.05, 0) is 11.1 Å². The largest absolute Gasteiger partial charge is 0.390 e. The van der Waals surface area contributed by atoms with Crippen molar-refractivity contribution < 1.29 is 14.6 Å². The topological polar surface area (TPSA) is 99.6 Å². The van der Waals surface area contributed by atoms with E-state index in [0.717, 1.165) is 13.1 Å². The molecule has 1 amide bonds. The molecule has 4 rings (SSSR count). The molecule has 0 bridgehead atoms. The maximum Gasteiger partial charge on any atom is 0.270 e. The van der Waals surface area contributed by atoms with Crippen LogP contribution in [0.5, 0.6) is 0 Å². The van der Waals surface area contributed by atoms with E-state index in [0.29, 0.717) is 25.6 Å². The number of carbonyl (C=O) groups excluding carboxylic acids is 1. The molecule has 142 valence electrons. The molecule has 2 aromatic rings. The van der Waals surface area contributed by atoms with Crippen LogP contribution in [0.4, 0.5) is 5.82 Å². The second-order valence-electron chi connectivity index (χ2n) is 6.97. The molecule has 1 saturated heterocycles. The van der Waals surface area contributed by atoms with Gasteiger partial charge in [-0.1, -0.05) is 24.3 Å². The summed E-state index contributed by atoms with van der Waals surface area (Å²) in [4.78, 5) is 22.6.